The number of tetrazole rings is 1. The van der Waals surface area contributed by atoms with Crippen LogP contribution in [0.2, 0.25) is 0 Å². The van der Waals surface area contributed by atoms with E-state index in [-0.39, 0.29) is 10.6 Å². The van der Waals surface area contributed by atoms with Gasteiger partial charge in [-0.05, 0) is 60.2 Å². The van der Waals surface area contributed by atoms with Crippen molar-refractivity contribution in [2.75, 3.05) is 4.72 Å². The summed E-state index contributed by atoms with van der Waals surface area (Å²) in [6.45, 7) is 3.65. The van der Waals surface area contributed by atoms with Crippen LogP contribution < -0.4 is 10.4 Å². The Morgan fingerprint density at radius 1 is 0.966 bits per heavy atom. The number of nitrogens with zero attached hydrogens (tertiary/aromatic N) is 6. The molecule has 0 saturated carbocycles. The first-order valence-electron chi connectivity index (χ1n) is 8.73. The summed E-state index contributed by atoms with van der Waals surface area (Å²) in [7, 11) is -0.618. The number of aromatic nitrogens is 6. The minimum Gasteiger partial charge on any atom is -0.295 e. The molecule has 0 aliphatic rings. The molecule has 0 bridgehead atoms. The van der Waals surface area contributed by atoms with Gasteiger partial charge in [-0.25, -0.2) is 13.2 Å². The lowest BCUT2D eigenvalue weighted by molar-refractivity contribution is 0.601. The lowest BCUT2D eigenvalue weighted by atomic mass is 10.2. The second-order valence-corrected chi connectivity index (χ2v) is 8.48. The monoisotopic (exact) mass is 413 g/mol. The summed E-state index contributed by atoms with van der Waals surface area (Å²) in [6, 6.07) is 9.72. The van der Waals surface area contributed by atoms with E-state index in [1.807, 2.05) is 6.92 Å². The predicted molar refractivity (Wildman–Crippen MR) is 108 cm³/mol. The van der Waals surface area contributed by atoms with Crippen molar-refractivity contribution in [2.24, 2.45) is 14.1 Å². The van der Waals surface area contributed by atoms with Gasteiger partial charge in [-0.3, -0.25) is 13.9 Å². The van der Waals surface area contributed by atoms with Crippen LogP contribution in [-0.4, -0.2) is 37.8 Å². The Morgan fingerprint density at radius 3 is 2.38 bits per heavy atom. The normalized spacial score (nSPS) is 11.9. The molecule has 150 valence electrons. The fourth-order valence-corrected chi connectivity index (χ4v) is 4.29. The highest BCUT2D eigenvalue weighted by molar-refractivity contribution is 7.92. The molecule has 0 aliphatic carbocycles. The molecule has 4 rings (SSSR count). The molecule has 4 aromatic rings. The zero-order valence-corrected chi connectivity index (χ0v) is 17.1. The van der Waals surface area contributed by atoms with Crippen molar-refractivity contribution in [3.63, 3.8) is 0 Å². The second kappa shape index (κ2) is 6.55. The Labute approximate surface area is 166 Å². The molecular formula is C18H19N7O3S. The zero-order valence-electron chi connectivity index (χ0n) is 16.3. The largest absolute Gasteiger partial charge is 0.328 e. The van der Waals surface area contributed by atoms with Crippen LogP contribution in [0, 0.1) is 13.8 Å². The van der Waals surface area contributed by atoms with E-state index in [2.05, 4.69) is 20.2 Å². The number of fused-ring (bicyclic) bond motifs is 1. The van der Waals surface area contributed by atoms with Crippen molar-refractivity contribution < 1.29 is 8.42 Å². The first-order chi connectivity index (χ1) is 13.7. The van der Waals surface area contributed by atoms with E-state index in [0.717, 1.165) is 5.56 Å². The van der Waals surface area contributed by atoms with Crippen molar-refractivity contribution in [2.45, 2.75) is 18.7 Å². The van der Waals surface area contributed by atoms with Gasteiger partial charge in [0.2, 0.25) is 0 Å². The Kier molecular flexibility index (Phi) is 4.26. The van der Waals surface area contributed by atoms with Crippen LogP contribution in [0.5, 0.6) is 0 Å². The molecule has 11 heteroatoms. The van der Waals surface area contributed by atoms with Gasteiger partial charge in [0.1, 0.15) is 0 Å². The van der Waals surface area contributed by atoms with Gasteiger partial charge in [0.15, 0.2) is 5.82 Å². The molecule has 2 aromatic carbocycles. The maximum absolute atomic E-state index is 12.9. The van der Waals surface area contributed by atoms with Crippen LogP contribution >= 0.6 is 0 Å². The van der Waals surface area contributed by atoms with Crippen molar-refractivity contribution in [1.29, 1.82) is 0 Å². The number of aryl methyl sites for hydroxylation is 4. The quantitative estimate of drug-likeness (QED) is 0.538. The fraction of sp³-hybridized carbons (Fsp3) is 0.222. The van der Waals surface area contributed by atoms with Crippen molar-refractivity contribution in [1.82, 2.24) is 29.3 Å². The van der Waals surface area contributed by atoms with Gasteiger partial charge in [0.25, 0.3) is 10.0 Å². The van der Waals surface area contributed by atoms with Crippen LogP contribution in [0.15, 0.2) is 46.1 Å². The van der Waals surface area contributed by atoms with E-state index in [4.69, 9.17) is 0 Å². The first-order valence-corrected chi connectivity index (χ1v) is 10.2. The average molecular weight is 413 g/mol. The van der Waals surface area contributed by atoms with Crippen LogP contribution in [-0.2, 0) is 24.1 Å². The van der Waals surface area contributed by atoms with E-state index in [1.54, 1.807) is 50.0 Å². The van der Waals surface area contributed by atoms with Gasteiger partial charge in [-0.1, -0.05) is 6.07 Å². The van der Waals surface area contributed by atoms with Gasteiger partial charge in [-0.15, -0.1) is 5.10 Å². The highest BCUT2D eigenvalue weighted by atomic mass is 32.2. The molecule has 29 heavy (non-hydrogen) atoms. The molecule has 1 N–H and O–H groups in total. The Bertz CT molecular complexity index is 1410. The molecule has 0 aliphatic heterocycles. The number of benzene rings is 2. The molecule has 10 nitrogen and oxygen atoms in total. The van der Waals surface area contributed by atoms with E-state index in [1.165, 1.54) is 21.3 Å². The predicted octanol–water partition coefficient (Wildman–Crippen LogP) is 1.27. The van der Waals surface area contributed by atoms with Crippen LogP contribution in [0.1, 0.15) is 11.4 Å². The summed E-state index contributed by atoms with van der Waals surface area (Å²) >= 11 is 0. The third-order valence-corrected chi connectivity index (χ3v) is 6.25. The molecule has 0 fully saturated rings. The number of sulfonamides is 1. The van der Waals surface area contributed by atoms with Gasteiger partial charge >= 0.3 is 5.69 Å². The number of anilines is 1. The zero-order chi connectivity index (χ0) is 20.9. The van der Waals surface area contributed by atoms with Gasteiger partial charge in [-0.2, -0.15) is 4.68 Å². The summed E-state index contributed by atoms with van der Waals surface area (Å²) < 4.78 is 32.9. The molecule has 0 radical (unpaired) electrons. The van der Waals surface area contributed by atoms with E-state index in [9.17, 15) is 13.2 Å². The lowest BCUT2D eigenvalue weighted by Crippen LogP contribution is -2.19. The highest BCUT2D eigenvalue weighted by Gasteiger charge is 2.18. The summed E-state index contributed by atoms with van der Waals surface area (Å²) in [5.74, 6) is 0.587. The highest BCUT2D eigenvalue weighted by Crippen LogP contribution is 2.24. The van der Waals surface area contributed by atoms with Crippen molar-refractivity contribution in [3.05, 3.63) is 58.3 Å². The van der Waals surface area contributed by atoms with Crippen molar-refractivity contribution >= 4 is 26.7 Å². The number of hydrogen-bond donors (Lipinski definition) is 1. The summed E-state index contributed by atoms with van der Waals surface area (Å²) in [5, 5.41) is 11.4. The molecule has 0 saturated heterocycles. The Morgan fingerprint density at radius 2 is 1.69 bits per heavy atom. The Hall–Kier alpha value is -3.47. The van der Waals surface area contributed by atoms with Gasteiger partial charge < -0.3 is 0 Å². The van der Waals surface area contributed by atoms with E-state index < -0.39 is 10.0 Å². The fourth-order valence-electron chi connectivity index (χ4n) is 3.22. The summed E-state index contributed by atoms with van der Waals surface area (Å²) in [5.41, 5.74) is 2.92. The van der Waals surface area contributed by atoms with E-state index >= 15 is 0 Å². The molecule has 2 aromatic heterocycles. The third kappa shape index (κ3) is 3.09. The van der Waals surface area contributed by atoms with Crippen LogP contribution in [0.3, 0.4) is 0 Å². The molecule has 2 heterocycles. The first kappa shape index (κ1) is 18.9. The maximum Gasteiger partial charge on any atom is 0.328 e. The SMILES string of the molecule is Cc1ccc(NS(=O)(=O)c2ccc3c(c2)n(C)c(=O)n3C)cc1-n1nnnc1C. The number of rotatable bonds is 4. The van der Waals surface area contributed by atoms with Gasteiger partial charge in [0, 0.05) is 14.1 Å². The number of nitrogens with one attached hydrogen (secondary N) is 1. The number of imidazole rings is 1. The maximum atomic E-state index is 12.9. The Balaban J connectivity index is 1.75. The van der Waals surface area contributed by atoms with Gasteiger partial charge in [0.05, 0.1) is 27.3 Å². The molecule has 0 atom stereocenters. The molecule has 0 amide bonds. The summed E-state index contributed by atoms with van der Waals surface area (Å²) in [6.07, 6.45) is 0. The topological polar surface area (TPSA) is 117 Å². The minimum atomic E-state index is -3.87. The molecule has 0 spiro atoms. The smallest absolute Gasteiger partial charge is 0.295 e. The van der Waals surface area contributed by atoms with E-state index in [0.29, 0.717) is 28.2 Å². The number of hydrogen-bond acceptors (Lipinski definition) is 6. The summed E-state index contributed by atoms with van der Waals surface area (Å²) in [4.78, 5) is 12.2. The lowest BCUT2D eigenvalue weighted by Gasteiger charge is -2.12. The standard InChI is InChI=1S/C18H19N7O3S/c1-11-5-6-13(9-16(11)25-12(2)19-21-22-25)20-29(27,28)14-7-8-15-17(10-14)24(4)18(26)23(15)3/h5-10,20H,1-4H3. The van der Waals surface area contributed by atoms with Crippen molar-refractivity contribution in [3.8, 4) is 5.69 Å². The minimum absolute atomic E-state index is 0.0620. The third-order valence-electron chi connectivity index (χ3n) is 4.87. The molecular weight excluding hydrogens is 394 g/mol. The average Bonchev–Trinajstić information content (AvgIpc) is 3.20. The van der Waals surface area contributed by atoms with Crippen LogP contribution in [0.25, 0.3) is 16.7 Å². The van der Waals surface area contributed by atoms with Crippen LogP contribution in [0.4, 0.5) is 5.69 Å². The second-order valence-electron chi connectivity index (χ2n) is 6.80. The molecule has 0 unspecified atom stereocenters.